The summed E-state index contributed by atoms with van der Waals surface area (Å²) >= 11 is 0. The molecule has 1 aromatic rings. The maximum absolute atomic E-state index is 13.9. The monoisotopic (exact) mass is 320 g/mol. The fraction of sp³-hybridized carbons (Fsp3) is 0.611. The average Bonchev–Trinajstić information content (AvgIpc) is 3.40. The van der Waals surface area contributed by atoms with Gasteiger partial charge in [-0.15, -0.1) is 0 Å². The van der Waals surface area contributed by atoms with Crippen molar-refractivity contribution in [2.75, 3.05) is 26.7 Å². The molecule has 0 radical (unpaired) electrons. The number of benzene rings is 1. The van der Waals surface area contributed by atoms with E-state index >= 15 is 0 Å². The maximum Gasteiger partial charge on any atom is 0.253 e. The van der Waals surface area contributed by atoms with Gasteiger partial charge >= 0.3 is 0 Å². The van der Waals surface area contributed by atoms with Crippen molar-refractivity contribution in [3.63, 3.8) is 0 Å². The molecule has 0 spiro atoms. The molecule has 3 rings (SSSR count). The first-order valence-electron chi connectivity index (χ1n) is 8.50. The minimum atomic E-state index is -0.302. The van der Waals surface area contributed by atoms with Gasteiger partial charge in [-0.05, 0) is 56.8 Å². The zero-order valence-corrected chi connectivity index (χ0v) is 13.7. The first-order chi connectivity index (χ1) is 11.2. The number of halogens is 1. The summed E-state index contributed by atoms with van der Waals surface area (Å²) in [6, 6.07) is 4.94. The third-order valence-corrected chi connectivity index (χ3v) is 4.72. The van der Waals surface area contributed by atoms with Crippen LogP contribution >= 0.6 is 0 Å². The molecule has 1 aromatic carbocycles. The number of piperidine rings is 1. The Morgan fingerprint density at radius 1 is 1.39 bits per heavy atom. The summed E-state index contributed by atoms with van der Waals surface area (Å²) in [5.74, 6) is 0.326. The summed E-state index contributed by atoms with van der Waals surface area (Å²) in [6.45, 7) is 2.40. The maximum atomic E-state index is 13.9. The highest BCUT2D eigenvalue weighted by Crippen LogP contribution is 2.29. The fourth-order valence-corrected chi connectivity index (χ4v) is 3.02. The SMILES string of the molecule is CN[C@H]1CCCN(C(=O)c2ccc(F)c(COCC3CC3)c2)C1. The van der Waals surface area contributed by atoms with E-state index in [1.165, 1.54) is 18.9 Å². The molecule has 2 fully saturated rings. The van der Waals surface area contributed by atoms with Gasteiger partial charge < -0.3 is 15.0 Å². The lowest BCUT2D eigenvalue weighted by Gasteiger charge is -2.32. The molecule has 0 bridgehead atoms. The Labute approximate surface area is 137 Å². The number of ether oxygens (including phenoxy) is 1. The van der Waals surface area contributed by atoms with Crippen LogP contribution in [0, 0.1) is 11.7 Å². The number of hydrogen-bond acceptors (Lipinski definition) is 3. The number of carbonyl (C=O) groups excluding carboxylic acids is 1. The van der Waals surface area contributed by atoms with Crippen LogP contribution in [0.5, 0.6) is 0 Å². The smallest absolute Gasteiger partial charge is 0.253 e. The molecular formula is C18H25FN2O2. The van der Waals surface area contributed by atoms with Crippen LogP contribution in [0.15, 0.2) is 18.2 Å². The Hall–Kier alpha value is -1.46. The van der Waals surface area contributed by atoms with E-state index < -0.39 is 0 Å². The molecule has 1 aliphatic carbocycles. The number of nitrogens with zero attached hydrogens (tertiary/aromatic N) is 1. The summed E-state index contributed by atoms with van der Waals surface area (Å²) in [5.41, 5.74) is 1.02. The van der Waals surface area contributed by atoms with Crippen LogP contribution in [-0.2, 0) is 11.3 Å². The number of carbonyl (C=O) groups is 1. The lowest BCUT2D eigenvalue weighted by atomic mass is 10.0. The third-order valence-electron chi connectivity index (χ3n) is 4.72. The topological polar surface area (TPSA) is 41.6 Å². The Bertz CT molecular complexity index is 560. The van der Waals surface area contributed by atoms with E-state index in [-0.39, 0.29) is 18.3 Å². The lowest BCUT2D eigenvalue weighted by molar-refractivity contribution is 0.0697. The number of hydrogen-bond donors (Lipinski definition) is 1. The van der Waals surface area contributed by atoms with Crippen LogP contribution < -0.4 is 5.32 Å². The molecule has 126 valence electrons. The molecule has 1 saturated heterocycles. The van der Waals surface area contributed by atoms with E-state index in [1.54, 1.807) is 12.1 Å². The molecule has 1 aliphatic heterocycles. The molecule has 1 heterocycles. The molecule has 0 aromatic heterocycles. The Morgan fingerprint density at radius 3 is 2.96 bits per heavy atom. The largest absolute Gasteiger partial charge is 0.376 e. The van der Waals surface area contributed by atoms with Crippen molar-refractivity contribution < 1.29 is 13.9 Å². The summed E-state index contributed by atoms with van der Waals surface area (Å²) in [6.07, 6.45) is 4.50. The fourth-order valence-electron chi connectivity index (χ4n) is 3.02. The van der Waals surface area contributed by atoms with E-state index in [0.717, 1.165) is 19.4 Å². The lowest BCUT2D eigenvalue weighted by Crippen LogP contribution is -2.47. The van der Waals surface area contributed by atoms with E-state index in [2.05, 4.69) is 5.32 Å². The number of likely N-dealkylation sites (tertiary alicyclic amines) is 1. The van der Waals surface area contributed by atoms with Crippen LogP contribution in [-0.4, -0.2) is 43.6 Å². The summed E-state index contributed by atoms with van der Waals surface area (Å²) < 4.78 is 19.5. The van der Waals surface area contributed by atoms with Crippen molar-refractivity contribution in [2.45, 2.75) is 38.3 Å². The normalized spacial score (nSPS) is 21.5. The Balaban J connectivity index is 1.64. The van der Waals surface area contributed by atoms with Crippen molar-refractivity contribution in [3.05, 3.63) is 35.1 Å². The predicted molar refractivity (Wildman–Crippen MR) is 86.8 cm³/mol. The second-order valence-corrected chi connectivity index (χ2v) is 6.64. The van der Waals surface area contributed by atoms with Crippen molar-refractivity contribution in [1.29, 1.82) is 0 Å². The van der Waals surface area contributed by atoms with Crippen molar-refractivity contribution in [1.82, 2.24) is 10.2 Å². The zero-order chi connectivity index (χ0) is 16.2. The molecule has 0 unspecified atom stereocenters. The van der Waals surface area contributed by atoms with Crippen molar-refractivity contribution in [3.8, 4) is 0 Å². The van der Waals surface area contributed by atoms with Gasteiger partial charge in [0.05, 0.1) is 6.61 Å². The second-order valence-electron chi connectivity index (χ2n) is 6.64. The number of amides is 1. The van der Waals surface area contributed by atoms with Gasteiger partial charge in [0.2, 0.25) is 0 Å². The van der Waals surface area contributed by atoms with Gasteiger partial charge in [-0.1, -0.05) is 0 Å². The molecule has 5 heteroatoms. The number of likely N-dealkylation sites (N-methyl/N-ethyl adjacent to an activating group) is 1. The highest BCUT2D eigenvalue weighted by molar-refractivity contribution is 5.94. The van der Waals surface area contributed by atoms with Gasteiger partial charge in [-0.3, -0.25) is 4.79 Å². The van der Waals surface area contributed by atoms with Gasteiger partial charge in [-0.2, -0.15) is 0 Å². The van der Waals surface area contributed by atoms with E-state index in [1.807, 2.05) is 11.9 Å². The number of rotatable bonds is 6. The van der Waals surface area contributed by atoms with Gasteiger partial charge in [0.15, 0.2) is 0 Å². The molecule has 1 saturated carbocycles. The molecule has 2 aliphatic rings. The van der Waals surface area contributed by atoms with Crippen LogP contribution in [0.2, 0.25) is 0 Å². The Kier molecular flexibility index (Phi) is 5.28. The van der Waals surface area contributed by atoms with Gasteiger partial charge in [0.25, 0.3) is 5.91 Å². The summed E-state index contributed by atoms with van der Waals surface area (Å²) in [4.78, 5) is 14.5. The van der Waals surface area contributed by atoms with Crippen LogP contribution in [0.1, 0.15) is 41.6 Å². The number of nitrogens with one attached hydrogen (secondary N) is 1. The van der Waals surface area contributed by atoms with Gasteiger partial charge in [0.1, 0.15) is 5.82 Å². The molecule has 4 nitrogen and oxygen atoms in total. The van der Waals surface area contributed by atoms with E-state index in [0.29, 0.717) is 36.2 Å². The van der Waals surface area contributed by atoms with Gasteiger partial charge in [-0.25, -0.2) is 4.39 Å². The van der Waals surface area contributed by atoms with E-state index in [4.69, 9.17) is 4.74 Å². The predicted octanol–water partition coefficient (Wildman–Crippen LogP) is 2.58. The summed E-state index contributed by atoms with van der Waals surface area (Å²) in [5, 5.41) is 3.23. The van der Waals surface area contributed by atoms with Crippen LogP contribution in [0.3, 0.4) is 0 Å². The van der Waals surface area contributed by atoms with Crippen molar-refractivity contribution >= 4 is 5.91 Å². The molecule has 23 heavy (non-hydrogen) atoms. The second kappa shape index (κ2) is 7.41. The first kappa shape index (κ1) is 16.4. The highest BCUT2D eigenvalue weighted by Gasteiger charge is 2.24. The average molecular weight is 320 g/mol. The Morgan fingerprint density at radius 2 is 2.22 bits per heavy atom. The zero-order valence-electron chi connectivity index (χ0n) is 13.7. The van der Waals surface area contributed by atoms with Gasteiger partial charge in [0, 0.05) is 36.9 Å². The quantitative estimate of drug-likeness (QED) is 0.876. The molecule has 1 atom stereocenters. The third kappa shape index (κ3) is 4.30. The van der Waals surface area contributed by atoms with Crippen molar-refractivity contribution in [2.24, 2.45) is 5.92 Å². The first-order valence-corrected chi connectivity index (χ1v) is 8.50. The standard InChI is InChI=1S/C18H25FN2O2/c1-20-16-3-2-8-21(10-16)18(22)14-6-7-17(19)15(9-14)12-23-11-13-4-5-13/h6-7,9,13,16,20H,2-5,8,10-12H2,1H3/t16-/m0/s1. The minimum absolute atomic E-state index is 0.0200. The van der Waals surface area contributed by atoms with Crippen LogP contribution in [0.4, 0.5) is 4.39 Å². The highest BCUT2D eigenvalue weighted by atomic mass is 19.1. The van der Waals surface area contributed by atoms with Crippen LogP contribution in [0.25, 0.3) is 0 Å². The van der Waals surface area contributed by atoms with E-state index in [9.17, 15) is 9.18 Å². The molecular weight excluding hydrogens is 295 g/mol. The summed E-state index contributed by atoms with van der Waals surface area (Å²) in [7, 11) is 1.92. The molecule has 1 N–H and O–H groups in total. The molecule has 1 amide bonds. The minimum Gasteiger partial charge on any atom is -0.376 e.